The summed E-state index contributed by atoms with van der Waals surface area (Å²) < 4.78 is 7.25. The summed E-state index contributed by atoms with van der Waals surface area (Å²) in [6.45, 7) is 2.84. The molecule has 0 saturated heterocycles. The molecule has 3 rings (SSSR count). The summed E-state index contributed by atoms with van der Waals surface area (Å²) in [4.78, 5) is 17.3. The maximum Gasteiger partial charge on any atom is 0.245 e. The Morgan fingerprint density at radius 3 is 2.90 bits per heavy atom. The molecule has 1 atom stereocenters. The van der Waals surface area contributed by atoms with Crippen molar-refractivity contribution in [1.82, 2.24) is 24.5 Å². The van der Waals surface area contributed by atoms with Gasteiger partial charge in [-0.05, 0) is 0 Å². The molecule has 110 valence electrons. The fourth-order valence-corrected chi connectivity index (χ4v) is 3.13. The number of nitrogens with zero attached hydrogens (tertiary/aromatic N) is 5. The van der Waals surface area contributed by atoms with Gasteiger partial charge in [-0.15, -0.1) is 22.9 Å². The first-order valence-corrected chi connectivity index (χ1v) is 7.85. The van der Waals surface area contributed by atoms with E-state index >= 15 is 0 Å². The lowest BCUT2D eigenvalue weighted by molar-refractivity contribution is 0.401. The second-order valence-electron chi connectivity index (χ2n) is 4.60. The van der Waals surface area contributed by atoms with Crippen LogP contribution >= 0.6 is 22.9 Å². The first kappa shape index (κ1) is 14.2. The second kappa shape index (κ2) is 5.95. The molecule has 21 heavy (non-hydrogen) atoms. The molecule has 0 radical (unpaired) electrons. The molecule has 8 heteroatoms. The number of thiazole rings is 1. The maximum atomic E-state index is 6.02. The highest BCUT2D eigenvalue weighted by molar-refractivity contribution is 7.09. The van der Waals surface area contributed by atoms with Crippen LogP contribution in [0.25, 0.3) is 11.2 Å². The molecule has 6 nitrogen and oxygen atoms in total. The lowest BCUT2D eigenvalue weighted by atomic mass is 10.2. The third kappa shape index (κ3) is 2.58. The van der Waals surface area contributed by atoms with Crippen LogP contribution < -0.4 is 4.74 Å². The molecule has 3 heterocycles. The standard InChI is InChI=1S/C13H14ClN5OS/c1-8(13-15-3-4-21-13)6-19-9(5-14)18-10-11(19)16-7-17-12(10)20-2/h3-4,7-8H,5-6H2,1-2H3. The third-order valence-electron chi connectivity index (χ3n) is 3.22. The summed E-state index contributed by atoms with van der Waals surface area (Å²) in [5, 5.41) is 3.06. The van der Waals surface area contributed by atoms with E-state index in [1.54, 1.807) is 18.4 Å². The normalized spacial score (nSPS) is 12.7. The Morgan fingerprint density at radius 1 is 1.38 bits per heavy atom. The van der Waals surface area contributed by atoms with Crippen LogP contribution in [0, 0.1) is 0 Å². The molecule has 0 bridgehead atoms. The van der Waals surface area contributed by atoms with Crippen molar-refractivity contribution in [1.29, 1.82) is 0 Å². The van der Waals surface area contributed by atoms with Gasteiger partial charge in [0, 0.05) is 24.0 Å². The highest BCUT2D eigenvalue weighted by Crippen LogP contribution is 2.26. The zero-order chi connectivity index (χ0) is 14.8. The van der Waals surface area contributed by atoms with E-state index < -0.39 is 0 Å². The largest absolute Gasteiger partial charge is 0.479 e. The summed E-state index contributed by atoms with van der Waals surface area (Å²) in [6, 6.07) is 0. The number of hydrogen-bond acceptors (Lipinski definition) is 6. The van der Waals surface area contributed by atoms with E-state index in [0.717, 1.165) is 16.5 Å². The van der Waals surface area contributed by atoms with Crippen molar-refractivity contribution < 1.29 is 4.74 Å². The zero-order valence-electron chi connectivity index (χ0n) is 11.7. The number of imidazole rings is 1. The van der Waals surface area contributed by atoms with E-state index in [1.807, 2.05) is 16.1 Å². The Bertz CT molecular complexity index is 742. The van der Waals surface area contributed by atoms with Gasteiger partial charge in [0.25, 0.3) is 0 Å². The van der Waals surface area contributed by atoms with E-state index in [9.17, 15) is 0 Å². The lowest BCUT2D eigenvalue weighted by Crippen LogP contribution is -2.09. The summed E-state index contributed by atoms with van der Waals surface area (Å²) in [7, 11) is 1.57. The number of halogens is 1. The number of methoxy groups -OCH3 is 1. The molecule has 3 aromatic heterocycles. The molecule has 1 unspecified atom stereocenters. The predicted molar refractivity (Wildman–Crippen MR) is 82.0 cm³/mol. The number of hydrogen-bond donors (Lipinski definition) is 0. The van der Waals surface area contributed by atoms with Gasteiger partial charge in [-0.3, -0.25) is 0 Å². The Hall–Kier alpha value is -1.73. The van der Waals surface area contributed by atoms with Crippen molar-refractivity contribution in [3.63, 3.8) is 0 Å². The van der Waals surface area contributed by atoms with Crippen molar-refractivity contribution in [2.45, 2.75) is 25.3 Å². The van der Waals surface area contributed by atoms with Crippen LogP contribution in [0.4, 0.5) is 0 Å². The minimum absolute atomic E-state index is 0.255. The SMILES string of the molecule is COc1ncnc2c1nc(CCl)n2CC(C)c1nccs1. The molecule has 0 N–H and O–H groups in total. The average molecular weight is 324 g/mol. The van der Waals surface area contributed by atoms with Gasteiger partial charge in [0.15, 0.2) is 11.2 Å². The zero-order valence-corrected chi connectivity index (χ0v) is 13.2. The monoisotopic (exact) mass is 323 g/mol. The van der Waals surface area contributed by atoms with E-state index in [0.29, 0.717) is 23.8 Å². The van der Waals surface area contributed by atoms with Crippen LogP contribution in [0.5, 0.6) is 5.88 Å². The van der Waals surface area contributed by atoms with Crippen LogP contribution in [0.1, 0.15) is 23.7 Å². The van der Waals surface area contributed by atoms with Crippen molar-refractivity contribution in [3.05, 3.63) is 28.7 Å². The van der Waals surface area contributed by atoms with E-state index in [4.69, 9.17) is 16.3 Å². The quantitative estimate of drug-likeness (QED) is 0.675. The van der Waals surface area contributed by atoms with Crippen molar-refractivity contribution in [2.24, 2.45) is 0 Å². The number of rotatable bonds is 5. The number of alkyl halides is 1. The molecular weight excluding hydrogens is 310 g/mol. The molecule has 3 aromatic rings. The Kier molecular flexibility index (Phi) is 4.03. The Labute approximate surface area is 130 Å². The molecule has 0 fully saturated rings. The van der Waals surface area contributed by atoms with E-state index in [-0.39, 0.29) is 5.92 Å². The van der Waals surface area contributed by atoms with Gasteiger partial charge < -0.3 is 9.30 Å². The first-order valence-electron chi connectivity index (χ1n) is 6.44. The molecular formula is C13H14ClN5OS. The summed E-state index contributed by atoms with van der Waals surface area (Å²) in [5.41, 5.74) is 1.38. The highest BCUT2D eigenvalue weighted by Gasteiger charge is 2.18. The van der Waals surface area contributed by atoms with Crippen LogP contribution in [-0.2, 0) is 12.4 Å². The number of ether oxygens (including phenoxy) is 1. The van der Waals surface area contributed by atoms with Crippen molar-refractivity contribution in [3.8, 4) is 5.88 Å². The van der Waals surface area contributed by atoms with Gasteiger partial charge in [-0.1, -0.05) is 6.92 Å². The lowest BCUT2D eigenvalue weighted by Gasteiger charge is -2.12. The smallest absolute Gasteiger partial charge is 0.245 e. The van der Waals surface area contributed by atoms with Gasteiger partial charge in [0.1, 0.15) is 12.2 Å². The molecule has 0 saturated carbocycles. The molecule has 0 amide bonds. The minimum Gasteiger partial charge on any atom is -0.479 e. The van der Waals surface area contributed by atoms with Crippen molar-refractivity contribution in [2.75, 3.05) is 7.11 Å². The van der Waals surface area contributed by atoms with Crippen LogP contribution in [0.2, 0.25) is 0 Å². The summed E-state index contributed by atoms with van der Waals surface area (Å²) >= 11 is 7.67. The van der Waals surface area contributed by atoms with Crippen LogP contribution in [-0.4, -0.2) is 31.6 Å². The summed E-state index contributed by atoms with van der Waals surface area (Å²) in [6.07, 6.45) is 3.29. The molecule has 0 aromatic carbocycles. The maximum absolute atomic E-state index is 6.02. The van der Waals surface area contributed by atoms with Crippen molar-refractivity contribution >= 4 is 34.1 Å². The van der Waals surface area contributed by atoms with Gasteiger partial charge in [-0.2, -0.15) is 4.98 Å². The topological polar surface area (TPSA) is 65.7 Å². The fourth-order valence-electron chi connectivity index (χ4n) is 2.23. The van der Waals surface area contributed by atoms with Crippen LogP contribution in [0.3, 0.4) is 0 Å². The predicted octanol–water partition coefficient (Wildman–Crippen LogP) is 2.83. The van der Waals surface area contributed by atoms with Gasteiger partial charge in [0.2, 0.25) is 5.88 Å². The van der Waals surface area contributed by atoms with Crippen LogP contribution in [0.15, 0.2) is 17.9 Å². The van der Waals surface area contributed by atoms with Gasteiger partial charge in [-0.25, -0.2) is 15.0 Å². The Morgan fingerprint density at radius 2 is 2.24 bits per heavy atom. The summed E-state index contributed by atoms with van der Waals surface area (Å²) in [5.74, 6) is 1.79. The number of aromatic nitrogens is 5. The highest BCUT2D eigenvalue weighted by atomic mass is 35.5. The third-order valence-corrected chi connectivity index (χ3v) is 4.47. The minimum atomic E-state index is 0.255. The van der Waals surface area contributed by atoms with Gasteiger partial charge in [0.05, 0.1) is 18.0 Å². The first-order chi connectivity index (χ1) is 10.2. The molecule has 0 aliphatic rings. The number of fused-ring (bicyclic) bond motifs is 1. The average Bonchev–Trinajstić information content (AvgIpc) is 3.14. The Balaban J connectivity index is 2.04. The molecule has 0 spiro atoms. The van der Waals surface area contributed by atoms with E-state index in [1.165, 1.54) is 6.33 Å². The second-order valence-corrected chi connectivity index (χ2v) is 5.79. The molecule has 0 aliphatic carbocycles. The molecule has 0 aliphatic heterocycles. The fraction of sp³-hybridized carbons (Fsp3) is 0.385. The van der Waals surface area contributed by atoms with Gasteiger partial charge >= 0.3 is 0 Å². The van der Waals surface area contributed by atoms with E-state index in [2.05, 4.69) is 26.9 Å².